The van der Waals surface area contributed by atoms with Crippen molar-refractivity contribution in [3.05, 3.63) is 35.4 Å². The monoisotopic (exact) mass is 193 g/mol. The van der Waals surface area contributed by atoms with Crippen LogP contribution in [-0.4, -0.2) is 29.7 Å². The van der Waals surface area contributed by atoms with E-state index < -0.39 is 6.09 Å². The Balaban J connectivity index is 2.54. The van der Waals surface area contributed by atoms with Crippen LogP contribution >= 0.6 is 0 Å². The number of hydrogen-bond donors (Lipinski definition) is 1. The van der Waals surface area contributed by atoms with E-state index in [0.717, 1.165) is 6.42 Å². The van der Waals surface area contributed by atoms with E-state index in [-0.39, 0.29) is 0 Å². The van der Waals surface area contributed by atoms with E-state index in [0.29, 0.717) is 6.54 Å². The number of amides is 1. The van der Waals surface area contributed by atoms with E-state index >= 15 is 0 Å². The van der Waals surface area contributed by atoms with Crippen molar-refractivity contribution >= 4 is 6.09 Å². The zero-order valence-corrected chi connectivity index (χ0v) is 8.53. The number of hydrogen-bond acceptors (Lipinski definition) is 1. The van der Waals surface area contributed by atoms with Gasteiger partial charge in [-0.25, -0.2) is 4.79 Å². The van der Waals surface area contributed by atoms with Crippen molar-refractivity contribution in [2.45, 2.75) is 13.3 Å². The van der Waals surface area contributed by atoms with Gasteiger partial charge in [0.2, 0.25) is 0 Å². The van der Waals surface area contributed by atoms with Crippen molar-refractivity contribution < 1.29 is 9.90 Å². The molecular formula is C11H15NO2. The predicted octanol–water partition coefficient (Wildman–Crippen LogP) is 2.15. The van der Waals surface area contributed by atoms with Gasteiger partial charge in [0.1, 0.15) is 0 Å². The van der Waals surface area contributed by atoms with E-state index in [4.69, 9.17) is 5.11 Å². The van der Waals surface area contributed by atoms with Gasteiger partial charge in [-0.15, -0.1) is 0 Å². The molecule has 1 aromatic carbocycles. The third kappa shape index (κ3) is 2.76. The average Bonchev–Trinajstić information content (AvgIpc) is 2.16. The number of likely N-dealkylation sites (N-methyl/N-ethyl adjacent to an activating group) is 1. The zero-order valence-electron chi connectivity index (χ0n) is 8.53. The normalized spacial score (nSPS) is 9.86. The molecule has 0 heterocycles. The van der Waals surface area contributed by atoms with Crippen LogP contribution in [0.25, 0.3) is 0 Å². The van der Waals surface area contributed by atoms with Crippen molar-refractivity contribution in [2.24, 2.45) is 0 Å². The summed E-state index contributed by atoms with van der Waals surface area (Å²) in [4.78, 5) is 11.8. The van der Waals surface area contributed by atoms with Crippen LogP contribution in [0.5, 0.6) is 0 Å². The molecule has 0 saturated carbocycles. The summed E-state index contributed by atoms with van der Waals surface area (Å²) < 4.78 is 0. The molecule has 0 aliphatic heterocycles. The lowest BCUT2D eigenvalue weighted by atomic mass is 10.1. The van der Waals surface area contributed by atoms with Gasteiger partial charge in [-0.3, -0.25) is 0 Å². The maximum Gasteiger partial charge on any atom is 0.407 e. The molecule has 0 bridgehead atoms. The van der Waals surface area contributed by atoms with Crippen molar-refractivity contribution in [3.8, 4) is 0 Å². The quantitative estimate of drug-likeness (QED) is 0.799. The molecule has 0 aliphatic rings. The third-order valence-electron chi connectivity index (χ3n) is 2.30. The minimum absolute atomic E-state index is 0.542. The Kier molecular flexibility index (Phi) is 3.51. The first-order valence-electron chi connectivity index (χ1n) is 4.60. The van der Waals surface area contributed by atoms with Crippen LogP contribution in [0, 0.1) is 6.92 Å². The average molecular weight is 193 g/mol. The first-order chi connectivity index (χ1) is 6.61. The molecule has 1 N–H and O–H groups in total. The number of aryl methyl sites for hydroxylation is 1. The molecule has 0 radical (unpaired) electrons. The molecule has 0 atom stereocenters. The highest BCUT2D eigenvalue weighted by Crippen LogP contribution is 2.07. The van der Waals surface area contributed by atoms with Crippen LogP contribution in [0.4, 0.5) is 4.79 Å². The SMILES string of the molecule is Cc1ccccc1CCN(C)C(=O)O. The maximum atomic E-state index is 10.5. The Labute approximate surface area is 84.0 Å². The van der Waals surface area contributed by atoms with Crippen LogP contribution in [0.1, 0.15) is 11.1 Å². The van der Waals surface area contributed by atoms with Gasteiger partial charge >= 0.3 is 6.09 Å². The molecule has 0 aliphatic carbocycles. The standard InChI is InChI=1S/C11H15NO2/c1-9-5-3-4-6-10(9)7-8-12(2)11(13)14/h3-6H,7-8H2,1-2H3,(H,13,14). The molecule has 76 valence electrons. The molecule has 0 unspecified atom stereocenters. The molecule has 0 aromatic heterocycles. The van der Waals surface area contributed by atoms with Crippen LogP contribution in [0.3, 0.4) is 0 Å². The molecule has 1 rings (SSSR count). The van der Waals surface area contributed by atoms with Gasteiger partial charge in [0.25, 0.3) is 0 Å². The molecule has 0 spiro atoms. The van der Waals surface area contributed by atoms with Gasteiger partial charge in [-0.05, 0) is 24.5 Å². The van der Waals surface area contributed by atoms with Crippen LogP contribution < -0.4 is 0 Å². The summed E-state index contributed by atoms with van der Waals surface area (Å²) in [5, 5.41) is 8.66. The molecule has 3 nitrogen and oxygen atoms in total. The molecule has 0 saturated heterocycles. The Hall–Kier alpha value is -1.51. The molecular weight excluding hydrogens is 178 g/mol. The van der Waals surface area contributed by atoms with Crippen molar-refractivity contribution in [2.75, 3.05) is 13.6 Å². The highest BCUT2D eigenvalue weighted by atomic mass is 16.4. The van der Waals surface area contributed by atoms with Crippen LogP contribution in [0.2, 0.25) is 0 Å². The van der Waals surface area contributed by atoms with Gasteiger partial charge in [-0.1, -0.05) is 24.3 Å². The number of carboxylic acid groups (broad SMARTS) is 1. The minimum Gasteiger partial charge on any atom is -0.465 e. The molecule has 0 fully saturated rings. The summed E-state index contributed by atoms with van der Waals surface area (Å²) in [5.74, 6) is 0. The second-order valence-electron chi connectivity index (χ2n) is 3.38. The Morgan fingerprint density at radius 2 is 2.07 bits per heavy atom. The maximum absolute atomic E-state index is 10.5. The number of benzene rings is 1. The topological polar surface area (TPSA) is 40.5 Å². The van der Waals surface area contributed by atoms with Gasteiger partial charge < -0.3 is 10.0 Å². The fourth-order valence-electron chi connectivity index (χ4n) is 1.27. The number of rotatable bonds is 3. The number of carbonyl (C=O) groups is 1. The molecule has 14 heavy (non-hydrogen) atoms. The van der Waals surface area contributed by atoms with Crippen LogP contribution in [-0.2, 0) is 6.42 Å². The van der Waals surface area contributed by atoms with Crippen LogP contribution in [0.15, 0.2) is 24.3 Å². The van der Waals surface area contributed by atoms with Crippen molar-refractivity contribution in [1.29, 1.82) is 0 Å². The zero-order chi connectivity index (χ0) is 10.6. The Morgan fingerprint density at radius 1 is 1.43 bits per heavy atom. The fourth-order valence-corrected chi connectivity index (χ4v) is 1.27. The third-order valence-corrected chi connectivity index (χ3v) is 2.30. The Bertz CT molecular complexity index is 323. The van der Waals surface area contributed by atoms with E-state index in [2.05, 4.69) is 0 Å². The summed E-state index contributed by atoms with van der Waals surface area (Å²) in [7, 11) is 1.58. The van der Waals surface area contributed by atoms with Gasteiger partial charge in [0, 0.05) is 13.6 Å². The largest absolute Gasteiger partial charge is 0.465 e. The predicted molar refractivity (Wildman–Crippen MR) is 55.5 cm³/mol. The summed E-state index contributed by atoms with van der Waals surface area (Å²) in [6, 6.07) is 8.03. The van der Waals surface area contributed by atoms with Gasteiger partial charge in [0.05, 0.1) is 0 Å². The lowest BCUT2D eigenvalue weighted by molar-refractivity contribution is 0.156. The summed E-state index contributed by atoms with van der Waals surface area (Å²) in [6.07, 6.45) is -0.103. The van der Waals surface area contributed by atoms with Crippen molar-refractivity contribution in [3.63, 3.8) is 0 Å². The Morgan fingerprint density at radius 3 is 2.64 bits per heavy atom. The second kappa shape index (κ2) is 4.65. The highest BCUT2D eigenvalue weighted by Gasteiger charge is 2.05. The van der Waals surface area contributed by atoms with E-state index in [1.165, 1.54) is 16.0 Å². The van der Waals surface area contributed by atoms with Gasteiger partial charge in [0.15, 0.2) is 0 Å². The first-order valence-corrected chi connectivity index (χ1v) is 4.60. The first kappa shape index (κ1) is 10.6. The minimum atomic E-state index is -0.876. The van der Waals surface area contributed by atoms with E-state index in [1.807, 2.05) is 31.2 Å². The lowest BCUT2D eigenvalue weighted by Crippen LogP contribution is -2.26. The van der Waals surface area contributed by atoms with E-state index in [1.54, 1.807) is 7.05 Å². The summed E-state index contributed by atoms with van der Waals surface area (Å²) in [6.45, 7) is 2.58. The molecule has 3 heteroatoms. The van der Waals surface area contributed by atoms with Gasteiger partial charge in [-0.2, -0.15) is 0 Å². The van der Waals surface area contributed by atoms with Crippen molar-refractivity contribution in [1.82, 2.24) is 4.90 Å². The fraction of sp³-hybridized carbons (Fsp3) is 0.364. The molecule has 1 aromatic rings. The lowest BCUT2D eigenvalue weighted by Gasteiger charge is -2.13. The van der Waals surface area contributed by atoms with E-state index in [9.17, 15) is 4.79 Å². The summed E-state index contributed by atoms with van der Waals surface area (Å²) in [5.41, 5.74) is 2.42. The highest BCUT2D eigenvalue weighted by molar-refractivity contribution is 5.64. The number of nitrogens with zero attached hydrogens (tertiary/aromatic N) is 1. The smallest absolute Gasteiger partial charge is 0.407 e. The second-order valence-corrected chi connectivity index (χ2v) is 3.38. The summed E-state index contributed by atoms with van der Waals surface area (Å²) >= 11 is 0. The molecule has 1 amide bonds.